The Morgan fingerprint density at radius 1 is 1.29 bits per heavy atom. The molecule has 2 aromatic rings. The first-order valence-corrected chi connectivity index (χ1v) is 7.94. The number of hydrogen-bond donors (Lipinski definition) is 1. The highest BCUT2D eigenvalue weighted by Crippen LogP contribution is 2.32. The Bertz CT molecular complexity index is 594. The minimum absolute atomic E-state index is 0.272. The summed E-state index contributed by atoms with van der Waals surface area (Å²) in [6.07, 6.45) is 7.53. The fourth-order valence-corrected chi connectivity index (χ4v) is 3.35. The summed E-state index contributed by atoms with van der Waals surface area (Å²) in [5.74, 6) is 0. The zero-order chi connectivity index (χ0) is 14.7. The molecule has 0 saturated carbocycles. The van der Waals surface area contributed by atoms with Crippen molar-refractivity contribution in [1.82, 2.24) is 14.9 Å². The first-order valence-electron chi connectivity index (χ1n) is 7.94. The van der Waals surface area contributed by atoms with Crippen LogP contribution in [0.1, 0.15) is 36.6 Å². The second kappa shape index (κ2) is 6.02. The van der Waals surface area contributed by atoms with Crippen LogP contribution in [0.4, 0.5) is 0 Å². The summed E-state index contributed by atoms with van der Waals surface area (Å²) in [6, 6.07) is 8.80. The molecule has 3 nitrogen and oxygen atoms in total. The third-order valence-electron chi connectivity index (χ3n) is 4.76. The molecular formula is C18H25N3. The maximum absolute atomic E-state index is 4.41. The summed E-state index contributed by atoms with van der Waals surface area (Å²) in [5.41, 5.74) is 4.42. The lowest BCUT2D eigenvalue weighted by molar-refractivity contribution is 0.316. The molecule has 1 aliphatic rings. The maximum Gasteiger partial charge on any atom is 0.0948 e. The molecule has 0 bridgehead atoms. The van der Waals surface area contributed by atoms with Crippen LogP contribution in [0.5, 0.6) is 0 Å². The molecule has 2 heterocycles. The molecule has 0 radical (unpaired) electrons. The lowest BCUT2D eigenvalue weighted by Gasteiger charge is -2.34. The molecule has 0 atom stereocenters. The third-order valence-corrected chi connectivity index (χ3v) is 4.76. The molecule has 0 unspecified atom stereocenters. The predicted molar refractivity (Wildman–Crippen MR) is 86.6 cm³/mol. The number of hydrogen-bond acceptors (Lipinski definition) is 2. The molecule has 1 aliphatic heterocycles. The third kappa shape index (κ3) is 3.18. The number of nitrogens with one attached hydrogen (secondary N) is 1. The largest absolute Gasteiger partial charge is 0.334 e. The number of benzene rings is 1. The summed E-state index contributed by atoms with van der Waals surface area (Å²) in [5, 5.41) is 3.46. The van der Waals surface area contributed by atoms with Crippen LogP contribution in [0.2, 0.25) is 0 Å². The zero-order valence-electron chi connectivity index (χ0n) is 13.1. The van der Waals surface area contributed by atoms with E-state index < -0.39 is 0 Å². The van der Waals surface area contributed by atoms with Gasteiger partial charge in [0.1, 0.15) is 0 Å². The Labute approximate surface area is 127 Å². The van der Waals surface area contributed by atoms with Crippen molar-refractivity contribution in [2.24, 2.45) is 0 Å². The van der Waals surface area contributed by atoms with E-state index in [1.165, 1.54) is 29.7 Å². The highest BCUT2D eigenvalue weighted by molar-refractivity contribution is 5.22. The first-order chi connectivity index (χ1) is 10.2. The van der Waals surface area contributed by atoms with Crippen molar-refractivity contribution in [3.8, 4) is 0 Å². The topological polar surface area (TPSA) is 29.9 Å². The van der Waals surface area contributed by atoms with E-state index in [2.05, 4.69) is 59.2 Å². The maximum atomic E-state index is 4.41. The van der Waals surface area contributed by atoms with E-state index in [0.29, 0.717) is 0 Å². The Morgan fingerprint density at radius 3 is 2.86 bits per heavy atom. The lowest BCUT2D eigenvalue weighted by Crippen LogP contribution is -2.39. The van der Waals surface area contributed by atoms with Crippen molar-refractivity contribution in [3.63, 3.8) is 0 Å². The van der Waals surface area contributed by atoms with Crippen molar-refractivity contribution in [2.75, 3.05) is 13.1 Å². The van der Waals surface area contributed by atoms with Crippen LogP contribution >= 0.6 is 0 Å². The van der Waals surface area contributed by atoms with Gasteiger partial charge in [0.05, 0.1) is 6.33 Å². The standard InChI is InChI=1S/C18H25N3/c1-15-4-3-5-16(12-15)6-11-21-14-20-13-17(21)18(2)7-9-19-10-8-18/h3-5,12-14,19H,6-11H2,1-2H3. The van der Waals surface area contributed by atoms with Gasteiger partial charge in [-0.15, -0.1) is 0 Å². The summed E-state index contributed by atoms with van der Waals surface area (Å²) in [7, 11) is 0. The van der Waals surface area contributed by atoms with Gasteiger partial charge in [0.2, 0.25) is 0 Å². The molecule has 112 valence electrons. The molecule has 0 amide bonds. The number of rotatable bonds is 4. The smallest absolute Gasteiger partial charge is 0.0948 e. The molecule has 1 fully saturated rings. The average Bonchev–Trinajstić information content (AvgIpc) is 2.95. The van der Waals surface area contributed by atoms with E-state index in [0.717, 1.165) is 26.1 Å². The Kier molecular flexibility index (Phi) is 4.11. The minimum Gasteiger partial charge on any atom is -0.334 e. The zero-order valence-corrected chi connectivity index (χ0v) is 13.1. The lowest BCUT2D eigenvalue weighted by atomic mass is 9.78. The van der Waals surface area contributed by atoms with Gasteiger partial charge < -0.3 is 9.88 Å². The molecule has 0 spiro atoms. The van der Waals surface area contributed by atoms with Crippen LogP contribution in [0.25, 0.3) is 0 Å². The van der Waals surface area contributed by atoms with Crippen LogP contribution in [0.15, 0.2) is 36.8 Å². The summed E-state index contributed by atoms with van der Waals surface area (Å²) in [4.78, 5) is 4.41. The van der Waals surface area contributed by atoms with Crippen molar-refractivity contribution in [3.05, 3.63) is 53.6 Å². The Morgan fingerprint density at radius 2 is 2.10 bits per heavy atom. The van der Waals surface area contributed by atoms with Gasteiger partial charge in [-0.1, -0.05) is 36.8 Å². The van der Waals surface area contributed by atoms with Gasteiger partial charge in [-0.05, 0) is 44.8 Å². The van der Waals surface area contributed by atoms with Gasteiger partial charge in [0.25, 0.3) is 0 Å². The van der Waals surface area contributed by atoms with Crippen molar-refractivity contribution in [1.29, 1.82) is 0 Å². The highest BCUT2D eigenvalue weighted by Gasteiger charge is 2.31. The van der Waals surface area contributed by atoms with Gasteiger partial charge >= 0.3 is 0 Å². The fraction of sp³-hybridized carbons (Fsp3) is 0.500. The van der Waals surface area contributed by atoms with Crippen LogP contribution in [-0.2, 0) is 18.4 Å². The summed E-state index contributed by atoms with van der Waals surface area (Å²) >= 11 is 0. The number of aryl methyl sites for hydroxylation is 3. The van der Waals surface area contributed by atoms with Gasteiger partial charge in [-0.25, -0.2) is 4.98 Å². The van der Waals surface area contributed by atoms with Crippen LogP contribution in [-0.4, -0.2) is 22.6 Å². The normalized spacial score (nSPS) is 17.8. The van der Waals surface area contributed by atoms with E-state index >= 15 is 0 Å². The Balaban J connectivity index is 1.73. The van der Waals surface area contributed by atoms with E-state index in [4.69, 9.17) is 0 Å². The number of nitrogens with zero attached hydrogens (tertiary/aromatic N) is 2. The quantitative estimate of drug-likeness (QED) is 0.934. The molecule has 0 aliphatic carbocycles. The number of piperidine rings is 1. The number of imidazole rings is 1. The van der Waals surface area contributed by atoms with Crippen molar-refractivity contribution >= 4 is 0 Å². The Hall–Kier alpha value is -1.61. The second-order valence-electron chi connectivity index (χ2n) is 6.52. The van der Waals surface area contributed by atoms with Crippen molar-refractivity contribution in [2.45, 2.75) is 45.1 Å². The van der Waals surface area contributed by atoms with E-state index in [1.54, 1.807) is 0 Å². The SMILES string of the molecule is Cc1cccc(CCn2cncc2C2(C)CCNCC2)c1. The van der Waals surface area contributed by atoms with Crippen LogP contribution in [0.3, 0.4) is 0 Å². The van der Waals surface area contributed by atoms with Crippen LogP contribution in [0, 0.1) is 6.92 Å². The van der Waals surface area contributed by atoms with E-state index in [9.17, 15) is 0 Å². The van der Waals surface area contributed by atoms with Gasteiger partial charge in [0.15, 0.2) is 0 Å². The molecule has 21 heavy (non-hydrogen) atoms. The van der Waals surface area contributed by atoms with Crippen LogP contribution < -0.4 is 5.32 Å². The molecule has 3 heteroatoms. The molecule has 3 rings (SSSR count). The first kappa shape index (κ1) is 14.3. The van der Waals surface area contributed by atoms with E-state index in [1.807, 2.05) is 6.33 Å². The van der Waals surface area contributed by atoms with Gasteiger partial charge in [-0.2, -0.15) is 0 Å². The molecule has 1 aromatic heterocycles. The summed E-state index contributed by atoms with van der Waals surface area (Å²) in [6.45, 7) is 7.77. The molecule has 1 aromatic carbocycles. The predicted octanol–water partition coefficient (Wildman–Crippen LogP) is 3.08. The average molecular weight is 283 g/mol. The second-order valence-corrected chi connectivity index (χ2v) is 6.52. The van der Waals surface area contributed by atoms with Gasteiger partial charge in [-0.3, -0.25) is 0 Å². The fourth-order valence-electron chi connectivity index (χ4n) is 3.35. The van der Waals surface area contributed by atoms with E-state index in [-0.39, 0.29) is 5.41 Å². The molecule has 1 saturated heterocycles. The highest BCUT2D eigenvalue weighted by atomic mass is 15.1. The summed E-state index contributed by atoms with van der Waals surface area (Å²) < 4.78 is 2.35. The van der Waals surface area contributed by atoms with Crippen molar-refractivity contribution < 1.29 is 0 Å². The molecule has 1 N–H and O–H groups in total. The monoisotopic (exact) mass is 283 g/mol. The minimum atomic E-state index is 0.272. The van der Waals surface area contributed by atoms with Gasteiger partial charge in [0, 0.05) is 23.9 Å². The molecular weight excluding hydrogens is 258 g/mol. The number of aromatic nitrogens is 2.